The Morgan fingerprint density at radius 1 is 1.10 bits per heavy atom. The monoisotopic (exact) mass is 278 g/mol. The maximum absolute atomic E-state index is 11.8. The Kier molecular flexibility index (Phi) is 3.51. The molecule has 0 bridgehead atoms. The minimum absolute atomic E-state index is 0.130. The van der Waals surface area contributed by atoms with Crippen LogP contribution in [-0.4, -0.2) is 38.0 Å². The first-order valence-corrected chi connectivity index (χ1v) is 5.69. The summed E-state index contributed by atoms with van der Waals surface area (Å²) in [7, 11) is 4.37. The number of hydrogen-bond donors (Lipinski definition) is 2. The summed E-state index contributed by atoms with van der Waals surface area (Å²) < 4.78 is 15.7. The van der Waals surface area contributed by atoms with Crippen LogP contribution in [-0.2, 0) is 4.79 Å². The Bertz CT molecular complexity index is 690. The zero-order valence-corrected chi connectivity index (χ0v) is 11.3. The average molecular weight is 278 g/mol. The molecule has 0 fully saturated rings. The van der Waals surface area contributed by atoms with E-state index in [-0.39, 0.29) is 5.56 Å². The number of carbonyl (C=O) groups is 2. The van der Waals surface area contributed by atoms with Crippen LogP contribution < -0.4 is 19.9 Å². The molecule has 0 saturated carbocycles. The second kappa shape index (κ2) is 5.12. The predicted octanol–water partition coefficient (Wildman–Crippen LogP) is 0.862. The van der Waals surface area contributed by atoms with E-state index in [2.05, 4.69) is 4.98 Å². The lowest BCUT2D eigenvalue weighted by Gasteiger charge is -2.13. The number of Topliss-reactive ketones (excluding diaryl/α,β-unsaturated/α-hetero) is 1. The van der Waals surface area contributed by atoms with Crippen LogP contribution in [0.1, 0.15) is 10.4 Å². The summed E-state index contributed by atoms with van der Waals surface area (Å²) in [6.45, 7) is 0. The fourth-order valence-electron chi connectivity index (χ4n) is 2.07. The van der Waals surface area contributed by atoms with Gasteiger partial charge in [-0.1, -0.05) is 0 Å². The summed E-state index contributed by atoms with van der Waals surface area (Å²) in [4.78, 5) is 25.8. The Labute approximate surface area is 114 Å². The van der Waals surface area contributed by atoms with Crippen molar-refractivity contribution in [2.24, 2.45) is 5.73 Å². The second-order valence-corrected chi connectivity index (χ2v) is 3.96. The molecule has 1 aromatic heterocycles. The van der Waals surface area contributed by atoms with E-state index >= 15 is 0 Å². The molecule has 106 valence electrons. The van der Waals surface area contributed by atoms with Gasteiger partial charge in [-0.05, 0) is 0 Å². The number of ether oxygens (including phenoxy) is 3. The number of methoxy groups -OCH3 is 3. The number of fused-ring (bicyclic) bond motifs is 1. The molecule has 0 radical (unpaired) electrons. The molecule has 0 aliphatic heterocycles. The minimum atomic E-state index is -1.04. The lowest BCUT2D eigenvalue weighted by Crippen LogP contribution is -2.22. The van der Waals surface area contributed by atoms with Gasteiger partial charge in [0.15, 0.2) is 11.5 Å². The molecule has 0 aliphatic carbocycles. The highest BCUT2D eigenvalue weighted by Crippen LogP contribution is 2.44. The molecule has 7 nitrogen and oxygen atoms in total. The number of ketones is 1. The number of nitrogens with one attached hydrogen (secondary N) is 1. The van der Waals surface area contributed by atoms with Gasteiger partial charge in [0.2, 0.25) is 5.75 Å². The quantitative estimate of drug-likeness (QED) is 0.623. The third kappa shape index (κ3) is 1.93. The molecule has 1 aromatic carbocycles. The molecular formula is C13H14N2O5. The topological polar surface area (TPSA) is 104 Å². The standard InChI is InChI=1S/C13H14N2O5/c1-18-8-4-7-9(12(20-3)11(8)19-2)6(5-15-7)10(16)13(14)17/h4-5,15H,1-3H3,(H2,14,17). The van der Waals surface area contributed by atoms with Crippen molar-refractivity contribution in [3.63, 3.8) is 0 Å². The number of H-pyrrole nitrogens is 1. The number of aromatic nitrogens is 1. The first-order valence-electron chi connectivity index (χ1n) is 5.69. The summed E-state index contributed by atoms with van der Waals surface area (Å²) in [5.74, 6) is -0.769. The first-order chi connectivity index (χ1) is 9.54. The van der Waals surface area contributed by atoms with Gasteiger partial charge in [-0.2, -0.15) is 0 Å². The molecule has 1 heterocycles. The number of carbonyl (C=O) groups excluding carboxylic acids is 2. The number of primary amides is 1. The molecule has 0 unspecified atom stereocenters. The fraction of sp³-hybridized carbons (Fsp3) is 0.231. The lowest BCUT2D eigenvalue weighted by atomic mass is 10.1. The second-order valence-electron chi connectivity index (χ2n) is 3.96. The van der Waals surface area contributed by atoms with Gasteiger partial charge in [0.1, 0.15) is 0 Å². The van der Waals surface area contributed by atoms with E-state index in [1.807, 2.05) is 0 Å². The van der Waals surface area contributed by atoms with Crippen molar-refractivity contribution in [2.45, 2.75) is 0 Å². The third-order valence-corrected chi connectivity index (χ3v) is 2.94. The normalized spacial score (nSPS) is 10.3. The van der Waals surface area contributed by atoms with Gasteiger partial charge in [0, 0.05) is 12.3 Å². The zero-order chi connectivity index (χ0) is 14.9. The number of rotatable bonds is 5. The van der Waals surface area contributed by atoms with E-state index in [1.54, 1.807) is 6.07 Å². The van der Waals surface area contributed by atoms with E-state index < -0.39 is 11.7 Å². The van der Waals surface area contributed by atoms with Gasteiger partial charge in [0.25, 0.3) is 11.7 Å². The van der Waals surface area contributed by atoms with E-state index in [9.17, 15) is 9.59 Å². The van der Waals surface area contributed by atoms with Crippen LogP contribution in [0.5, 0.6) is 17.2 Å². The van der Waals surface area contributed by atoms with Crippen LogP contribution in [0.3, 0.4) is 0 Å². The summed E-state index contributed by atoms with van der Waals surface area (Å²) in [6.07, 6.45) is 1.40. The summed E-state index contributed by atoms with van der Waals surface area (Å²) >= 11 is 0. The van der Waals surface area contributed by atoms with Crippen LogP contribution in [0.2, 0.25) is 0 Å². The van der Waals surface area contributed by atoms with Crippen LogP contribution >= 0.6 is 0 Å². The molecule has 0 spiro atoms. The summed E-state index contributed by atoms with van der Waals surface area (Å²) in [5, 5.41) is 0.425. The highest BCUT2D eigenvalue weighted by Gasteiger charge is 2.24. The van der Waals surface area contributed by atoms with Crippen molar-refractivity contribution >= 4 is 22.6 Å². The molecule has 1 amide bonds. The fourth-order valence-corrected chi connectivity index (χ4v) is 2.07. The van der Waals surface area contributed by atoms with E-state index in [0.29, 0.717) is 28.2 Å². The molecule has 20 heavy (non-hydrogen) atoms. The smallest absolute Gasteiger partial charge is 0.289 e. The van der Waals surface area contributed by atoms with Gasteiger partial charge in [-0.3, -0.25) is 9.59 Å². The number of aromatic amines is 1. The van der Waals surface area contributed by atoms with Crippen molar-refractivity contribution in [1.29, 1.82) is 0 Å². The Morgan fingerprint density at radius 2 is 1.75 bits per heavy atom. The summed E-state index contributed by atoms with van der Waals surface area (Å²) in [5.41, 5.74) is 5.74. The maximum Gasteiger partial charge on any atom is 0.289 e. The molecule has 0 aliphatic rings. The van der Waals surface area contributed by atoms with E-state index in [4.69, 9.17) is 19.9 Å². The highest BCUT2D eigenvalue weighted by atomic mass is 16.5. The van der Waals surface area contributed by atoms with Gasteiger partial charge in [0.05, 0.1) is 37.8 Å². The van der Waals surface area contributed by atoms with E-state index in [0.717, 1.165) is 0 Å². The molecule has 2 rings (SSSR count). The number of benzene rings is 1. The van der Waals surface area contributed by atoms with Gasteiger partial charge >= 0.3 is 0 Å². The van der Waals surface area contributed by atoms with Crippen molar-refractivity contribution in [2.75, 3.05) is 21.3 Å². The van der Waals surface area contributed by atoms with Gasteiger partial charge in [-0.15, -0.1) is 0 Å². The van der Waals surface area contributed by atoms with Crippen LogP contribution in [0.15, 0.2) is 12.3 Å². The van der Waals surface area contributed by atoms with Crippen molar-refractivity contribution in [3.05, 3.63) is 17.8 Å². The van der Waals surface area contributed by atoms with Crippen molar-refractivity contribution in [1.82, 2.24) is 4.98 Å². The van der Waals surface area contributed by atoms with Crippen molar-refractivity contribution in [3.8, 4) is 17.2 Å². The molecular weight excluding hydrogens is 264 g/mol. The molecule has 7 heteroatoms. The van der Waals surface area contributed by atoms with Crippen LogP contribution in [0.4, 0.5) is 0 Å². The maximum atomic E-state index is 11.8. The number of hydrogen-bond acceptors (Lipinski definition) is 5. The number of nitrogens with two attached hydrogens (primary N) is 1. The Hall–Kier alpha value is -2.70. The molecule has 2 aromatic rings. The Balaban J connectivity index is 2.83. The number of amides is 1. The summed E-state index contributed by atoms with van der Waals surface area (Å²) in [6, 6.07) is 1.65. The minimum Gasteiger partial charge on any atom is -0.493 e. The third-order valence-electron chi connectivity index (χ3n) is 2.94. The molecule has 3 N–H and O–H groups in total. The largest absolute Gasteiger partial charge is 0.493 e. The predicted molar refractivity (Wildman–Crippen MR) is 71.5 cm³/mol. The van der Waals surface area contributed by atoms with E-state index in [1.165, 1.54) is 27.5 Å². The first kappa shape index (κ1) is 13.7. The lowest BCUT2D eigenvalue weighted by molar-refractivity contribution is -0.114. The highest BCUT2D eigenvalue weighted by molar-refractivity contribution is 6.44. The molecule has 0 saturated heterocycles. The average Bonchev–Trinajstić information content (AvgIpc) is 2.87. The van der Waals surface area contributed by atoms with Crippen molar-refractivity contribution < 1.29 is 23.8 Å². The molecule has 0 atom stereocenters. The Morgan fingerprint density at radius 3 is 2.25 bits per heavy atom. The van der Waals surface area contributed by atoms with Gasteiger partial charge in [-0.25, -0.2) is 0 Å². The van der Waals surface area contributed by atoms with Crippen LogP contribution in [0.25, 0.3) is 10.9 Å². The van der Waals surface area contributed by atoms with Gasteiger partial charge < -0.3 is 24.9 Å². The zero-order valence-electron chi connectivity index (χ0n) is 11.3. The SMILES string of the molecule is COc1cc2[nH]cc(C(=O)C(N)=O)c2c(OC)c1OC. The van der Waals surface area contributed by atoms with Crippen LogP contribution in [0, 0.1) is 0 Å².